The molecule has 1 aliphatic carbocycles. The van der Waals surface area contributed by atoms with Gasteiger partial charge in [-0.15, -0.1) is 0 Å². The van der Waals surface area contributed by atoms with E-state index in [1.807, 2.05) is 23.2 Å². The summed E-state index contributed by atoms with van der Waals surface area (Å²) in [7, 11) is 0. The zero-order chi connectivity index (χ0) is 19.1. The second-order valence-electron chi connectivity index (χ2n) is 8.49. The average molecular weight is 377 g/mol. The first-order valence-corrected chi connectivity index (χ1v) is 10.5. The molecular weight excluding hydrogens is 348 g/mol. The summed E-state index contributed by atoms with van der Waals surface area (Å²) in [5.74, 6) is 2.81. The van der Waals surface area contributed by atoms with Gasteiger partial charge in [0, 0.05) is 54.5 Å². The number of aromatic amines is 1. The summed E-state index contributed by atoms with van der Waals surface area (Å²) in [4.78, 5) is 23.1. The Morgan fingerprint density at radius 3 is 2.75 bits per heavy atom. The standard InChI is InChI=1S/C23H28N4O/c1-16-20(19-4-2-3-5-21(19)25-16)14-22(28)26-11-8-18(9-12-26)23-24-10-13-27(23)15-17-6-7-17/h2-5,10,13,17-18,25H,6-9,11-12,14-15H2,1H3. The van der Waals surface area contributed by atoms with Gasteiger partial charge in [-0.3, -0.25) is 4.79 Å². The van der Waals surface area contributed by atoms with Crippen molar-refractivity contribution >= 4 is 16.8 Å². The predicted octanol–water partition coefficient (Wildman–Crippen LogP) is 4.03. The summed E-state index contributed by atoms with van der Waals surface area (Å²) in [5.41, 5.74) is 3.36. The lowest BCUT2D eigenvalue weighted by Crippen LogP contribution is -2.39. The number of H-pyrrole nitrogens is 1. The van der Waals surface area contributed by atoms with E-state index >= 15 is 0 Å². The van der Waals surface area contributed by atoms with Crippen LogP contribution in [-0.4, -0.2) is 38.4 Å². The number of benzene rings is 1. The van der Waals surface area contributed by atoms with Gasteiger partial charge in [0.25, 0.3) is 0 Å². The van der Waals surface area contributed by atoms with Crippen LogP contribution in [0.4, 0.5) is 0 Å². The quantitative estimate of drug-likeness (QED) is 0.731. The summed E-state index contributed by atoms with van der Waals surface area (Å²) < 4.78 is 2.36. The van der Waals surface area contributed by atoms with Gasteiger partial charge in [0.15, 0.2) is 0 Å². The van der Waals surface area contributed by atoms with Gasteiger partial charge in [-0.25, -0.2) is 4.98 Å². The number of para-hydroxylation sites is 1. The lowest BCUT2D eigenvalue weighted by atomic mass is 9.95. The number of amides is 1. The van der Waals surface area contributed by atoms with E-state index in [-0.39, 0.29) is 5.91 Å². The van der Waals surface area contributed by atoms with E-state index in [1.165, 1.54) is 24.1 Å². The highest BCUT2D eigenvalue weighted by molar-refractivity contribution is 5.90. The number of nitrogens with one attached hydrogen (secondary N) is 1. The second kappa shape index (κ2) is 7.12. The van der Waals surface area contributed by atoms with Crippen molar-refractivity contribution in [2.45, 2.75) is 51.5 Å². The van der Waals surface area contributed by atoms with Crippen molar-refractivity contribution in [1.82, 2.24) is 19.4 Å². The highest BCUT2D eigenvalue weighted by Gasteiger charge is 2.29. The number of carbonyl (C=O) groups excluding carboxylic acids is 1. The molecule has 1 N–H and O–H groups in total. The summed E-state index contributed by atoms with van der Waals surface area (Å²) in [6.07, 6.45) is 9.30. The van der Waals surface area contributed by atoms with Gasteiger partial charge in [0.05, 0.1) is 6.42 Å². The van der Waals surface area contributed by atoms with Gasteiger partial charge >= 0.3 is 0 Å². The van der Waals surface area contributed by atoms with Gasteiger partial charge in [0.2, 0.25) is 5.91 Å². The molecule has 0 bridgehead atoms. The number of piperidine rings is 1. The molecular formula is C23H28N4O. The van der Waals surface area contributed by atoms with Crippen molar-refractivity contribution in [2.24, 2.45) is 5.92 Å². The van der Waals surface area contributed by atoms with Crippen LogP contribution in [0.15, 0.2) is 36.7 Å². The molecule has 146 valence electrons. The molecule has 1 aromatic carbocycles. The van der Waals surface area contributed by atoms with Crippen molar-refractivity contribution in [3.05, 3.63) is 53.7 Å². The van der Waals surface area contributed by atoms with E-state index in [0.29, 0.717) is 12.3 Å². The monoisotopic (exact) mass is 376 g/mol. The summed E-state index contributed by atoms with van der Waals surface area (Å²) >= 11 is 0. The van der Waals surface area contributed by atoms with Gasteiger partial charge in [0.1, 0.15) is 5.82 Å². The Kier molecular flexibility index (Phi) is 4.46. The molecule has 5 nitrogen and oxygen atoms in total. The summed E-state index contributed by atoms with van der Waals surface area (Å²) in [6, 6.07) is 8.25. The molecule has 1 saturated heterocycles. The zero-order valence-corrected chi connectivity index (χ0v) is 16.5. The normalized spacial score (nSPS) is 18.1. The topological polar surface area (TPSA) is 53.9 Å². The van der Waals surface area contributed by atoms with Gasteiger partial charge < -0.3 is 14.5 Å². The minimum atomic E-state index is 0.243. The number of hydrogen-bond acceptors (Lipinski definition) is 2. The third-order valence-electron chi connectivity index (χ3n) is 6.47. The third kappa shape index (κ3) is 3.34. The van der Waals surface area contributed by atoms with Crippen LogP contribution in [0.5, 0.6) is 0 Å². The second-order valence-corrected chi connectivity index (χ2v) is 8.49. The Morgan fingerprint density at radius 1 is 1.18 bits per heavy atom. The number of imidazole rings is 1. The van der Waals surface area contributed by atoms with Crippen LogP contribution >= 0.6 is 0 Å². The molecule has 2 fully saturated rings. The molecule has 5 heteroatoms. The fraction of sp³-hybridized carbons (Fsp3) is 0.478. The lowest BCUT2D eigenvalue weighted by Gasteiger charge is -2.32. The minimum Gasteiger partial charge on any atom is -0.358 e. The maximum atomic E-state index is 13.0. The Hall–Kier alpha value is -2.56. The fourth-order valence-corrected chi connectivity index (χ4v) is 4.63. The van der Waals surface area contributed by atoms with Crippen LogP contribution in [0.25, 0.3) is 10.9 Å². The molecule has 1 aliphatic heterocycles. The Labute approximate surface area is 165 Å². The van der Waals surface area contributed by atoms with E-state index < -0.39 is 0 Å². The molecule has 0 atom stereocenters. The Balaban J connectivity index is 1.23. The molecule has 2 aliphatic rings. The number of fused-ring (bicyclic) bond motifs is 1. The number of carbonyl (C=O) groups is 1. The largest absolute Gasteiger partial charge is 0.358 e. The van der Waals surface area contributed by atoms with Crippen molar-refractivity contribution in [3.63, 3.8) is 0 Å². The molecule has 0 unspecified atom stereocenters. The fourth-order valence-electron chi connectivity index (χ4n) is 4.63. The van der Waals surface area contributed by atoms with E-state index in [4.69, 9.17) is 0 Å². The lowest BCUT2D eigenvalue weighted by molar-refractivity contribution is -0.131. The highest BCUT2D eigenvalue weighted by Crippen LogP contribution is 2.33. The summed E-state index contributed by atoms with van der Waals surface area (Å²) in [5, 5.41) is 1.17. The van der Waals surface area contributed by atoms with Crippen LogP contribution in [-0.2, 0) is 17.8 Å². The van der Waals surface area contributed by atoms with Crippen LogP contribution in [0.3, 0.4) is 0 Å². The Morgan fingerprint density at radius 2 is 1.96 bits per heavy atom. The minimum absolute atomic E-state index is 0.243. The SMILES string of the molecule is Cc1[nH]c2ccccc2c1CC(=O)N1CCC(c2nccn2CC2CC2)CC1. The third-order valence-corrected chi connectivity index (χ3v) is 6.47. The molecule has 28 heavy (non-hydrogen) atoms. The van der Waals surface area contributed by atoms with Crippen molar-refractivity contribution in [2.75, 3.05) is 13.1 Å². The van der Waals surface area contributed by atoms with Crippen LogP contribution in [0.2, 0.25) is 0 Å². The Bertz CT molecular complexity index is 989. The molecule has 1 saturated carbocycles. The van der Waals surface area contributed by atoms with Crippen molar-refractivity contribution in [3.8, 4) is 0 Å². The number of nitrogens with zero attached hydrogens (tertiary/aromatic N) is 3. The maximum Gasteiger partial charge on any atom is 0.227 e. The number of aryl methyl sites for hydroxylation is 1. The van der Waals surface area contributed by atoms with Crippen LogP contribution < -0.4 is 0 Å². The number of rotatable bonds is 5. The van der Waals surface area contributed by atoms with Crippen LogP contribution in [0, 0.1) is 12.8 Å². The first kappa shape index (κ1) is 17.5. The molecule has 3 heterocycles. The molecule has 2 aromatic heterocycles. The van der Waals surface area contributed by atoms with E-state index in [2.05, 4.69) is 39.8 Å². The smallest absolute Gasteiger partial charge is 0.227 e. The number of hydrogen-bond donors (Lipinski definition) is 1. The maximum absolute atomic E-state index is 13.0. The predicted molar refractivity (Wildman–Crippen MR) is 110 cm³/mol. The highest BCUT2D eigenvalue weighted by atomic mass is 16.2. The molecule has 1 amide bonds. The molecule has 3 aromatic rings. The zero-order valence-electron chi connectivity index (χ0n) is 16.5. The van der Waals surface area contributed by atoms with E-state index in [9.17, 15) is 4.79 Å². The van der Waals surface area contributed by atoms with E-state index in [0.717, 1.165) is 55.2 Å². The van der Waals surface area contributed by atoms with Gasteiger partial charge in [-0.1, -0.05) is 18.2 Å². The number of aromatic nitrogens is 3. The van der Waals surface area contributed by atoms with Gasteiger partial charge in [-0.2, -0.15) is 0 Å². The van der Waals surface area contributed by atoms with Gasteiger partial charge in [-0.05, 0) is 50.2 Å². The molecule has 0 spiro atoms. The van der Waals surface area contributed by atoms with Crippen molar-refractivity contribution in [1.29, 1.82) is 0 Å². The average Bonchev–Trinajstić information content (AvgIpc) is 3.31. The van der Waals surface area contributed by atoms with Crippen LogP contribution in [0.1, 0.15) is 48.7 Å². The first-order chi connectivity index (χ1) is 13.7. The summed E-state index contributed by atoms with van der Waals surface area (Å²) in [6.45, 7) is 4.85. The number of likely N-dealkylation sites (tertiary alicyclic amines) is 1. The first-order valence-electron chi connectivity index (χ1n) is 10.5. The molecule has 0 radical (unpaired) electrons. The molecule has 5 rings (SSSR count). The van der Waals surface area contributed by atoms with Crippen molar-refractivity contribution < 1.29 is 4.79 Å². The van der Waals surface area contributed by atoms with E-state index in [1.54, 1.807) is 0 Å².